The van der Waals surface area contributed by atoms with E-state index >= 15 is 0 Å². The van der Waals surface area contributed by atoms with Crippen molar-refractivity contribution in [2.75, 3.05) is 63.1 Å². The number of hydrogen-bond donors (Lipinski definition) is 2. The molecule has 2 heterocycles. The molecule has 0 saturated carbocycles. The highest BCUT2D eigenvalue weighted by Gasteiger charge is 2.23. The summed E-state index contributed by atoms with van der Waals surface area (Å²) in [6.07, 6.45) is 5.12. The van der Waals surface area contributed by atoms with Crippen LogP contribution in [0.4, 0.5) is 0 Å². The molecule has 2 saturated heterocycles. The van der Waals surface area contributed by atoms with E-state index in [-0.39, 0.29) is 29.7 Å². The van der Waals surface area contributed by atoms with E-state index in [0.717, 1.165) is 31.1 Å². The molecule has 0 aromatic carbocycles. The molecule has 2 fully saturated rings. The van der Waals surface area contributed by atoms with Crippen LogP contribution in [0.3, 0.4) is 0 Å². The zero-order valence-electron chi connectivity index (χ0n) is 17.4. The number of hydrogen-bond acceptors (Lipinski definition) is 5. The first-order chi connectivity index (χ1) is 13.1. The van der Waals surface area contributed by atoms with Gasteiger partial charge in [0.2, 0.25) is 10.0 Å². The third-order valence-corrected chi connectivity index (χ3v) is 8.05. The highest BCUT2D eigenvalue weighted by molar-refractivity contribution is 14.0. The summed E-state index contributed by atoms with van der Waals surface area (Å²) in [7, 11) is -3.18. The van der Waals surface area contributed by atoms with Crippen molar-refractivity contribution in [3.8, 4) is 0 Å². The smallest absolute Gasteiger partial charge is 0.215 e. The molecule has 0 bridgehead atoms. The SMILES string of the molecule is CCNC(=NCCN1CCCCC1CC)NCCS(=O)(=O)N1CCSCC1.I. The second-order valence-corrected chi connectivity index (χ2v) is 10.4. The van der Waals surface area contributed by atoms with Crippen molar-refractivity contribution < 1.29 is 8.42 Å². The van der Waals surface area contributed by atoms with Crippen molar-refractivity contribution in [3.63, 3.8) is 0 Å². The molecule has 0 aliphatic carbocycles. The van der Waals surface area contributed by atoms with Gasteiger partial charge in [-0.1, -0.05) is 13.3 Å². The van der Waals surface area contributed by atoms with Gasteiger partial charge < -0.3 is 10.6 Å². The van der Waals surface area contributed by atoms with E-state index in [0.29, 0.717) is 31.6 Å². The third-order valence-electron chi connectivity index (χ3n) is 5.24. The number of nitrogens with zero attached hydrogens (tertiary/aromatic N) is 3. The molecule has 0 aromatic heterocycles. The molecule has 10 heteroatoms. The summed E-state index contributed by atoms with van der Waals surface area (Å²) in [4.78, 5) is 7.20. The third kappa shape index (κ3) is 8.93. The van der Waals surface area contributed by atoms with E-state index in [9.17, 15) is 8.42 Å². The van der Waals surface area contributed by atoms with Crippen LogP contribution in [0.2, 0.25) is 0 Å². The Bertz CT molecular complexity index is 556. The largest absolute Gasteiger partial charge is 0.357 e. The normalized spacial score (nSPS) is 22.5. The van der Waals surface area contributed by atoms with Crippen LogP contribution in [0, 0.1) is 0 Å². The number of thioether (sulfide) groups is 1. The average Bonchev–Trinajstić information content (AvgIpc) is 2.69. The zero-order valence-corrected chi connectivity index (χ0v) is 21.3. The summed E-state index contributed by atoms with van der Waals surface area (Å²) in [6.45, 7) is 9.59. The fourth-order valence-electron chi connectivity index (χ4n) is 3.70. The van der Waals surface area contributed by atoms with Crippen LogP contribution in [0.25, 0.3) is 0 Å². The van der Waals surface area contributed by atoms with E-state index in [1.165, 1.54) is 32.2 Å². The Morgan fingerprint density at radius 3 is 2.57 bits per heavy atom. The van der Waals surface area contributed by atoms with Crippen LogP contribution in [-0.4, -0.2) is 92.7 Å². The lowest BCUT2D eigenvalue weighted by Gasteiger charge is -2.34. The molecule has 28 heavy (non-hydrogen) atoms. The number of nitrogens with one attached hydrogen (secondary N) is 2. The van der Waals surface area contributed by atoms with Gasteiger partial charge in [0.25, 0.3) is 0 Å². The summed E-state index contributed by atoms with van der Waals surface area (Å²) in [5.41, 5.74) is 0. The van der Waals surface area contributed by atoms with Gasteiger partial charge in [-0.3, -0.25) is 9.89 Å². The predicted molar refractivity (Wildman–Crippen MR) is 132 cm³/mol. The minimum absolute atomic E-state index is 0. The quantitative estimate of drug-likeness (QED) is 0.261. The first-order valence-corrected chi connectivity index (χ1v) is 13.1. The molecule has 2 aliphatic rings. The number of sulfonamides is 1. The van der Waals surface area contributed by atoms with E-state index in [1.54, 1.807) is 4.31 Å². The fourth-order valence-corrected chi connectivity index (χ4v) is 6.19. The van der Waals surface area contributed by atoms with E-state index in [1.807, 2.05) is 18.7 Å². The summed E-state index contributed by atoms with van der Waals surface area (Å²) < 4.78 is 26.5. The molecule has 0 spiro atoms. The van der Waals surface area contributed by atoms with Crippen molar-refractivity contribution in [3.05, 3.63) is 0 Å². The Kier molecular flexibility index (Phi) is 13.4. The van der Waals surface area contributed by atoms with Crippen molar-refractivity contribution in [1.29, 1.82) is 0 Å². The minimum atomic E-state index is -3.18. The number of aliphatic imine (C=N–C) groups is 1. The van der Waals surface area contributed by atoms with Crippen LogP contribution in [0.1, 0.15) is 39.5 Å². The predicted octanol–water partition coefficient (Wildman–Crippen LogP) is 1.80. The van der Waals surface area contributed by atoms with Gasteiger partial charge >= 0.3 is 0 Å². The standard InChI is InChI=1S/C18H37N5O2S2.HI/c1-3-17-7-5-6-10-22(17)11-8-20-18(19-4-2)21-9-16-27(24,25)23-12-14-26-15-13-23;/h17H,3-16H2,1-2H3,(H2,19,20,21);1H. The molecule has 7 nitrogen and oxygen atoms in total. The molecule has 1 unspecified atom stereocenters. The molecule has 0 radical (unpaired) electrons. The van der Waals surface area contributed by atoms with Gasteiger partial charge in [-0.25, -0.2) is 12.7 Å². The maximum Gasteiger partial charge on any atom is 0.215 e. The van der Waals surface area contributed by atoms with Crippen molar-refractivity contribution in [1.82, 2.24) is 19.8 Å². The van der Waals surface area contributed by atoms with Crippen LogP contribution < -0.4 is 10.6 Å². The van der Waals surface area contributed by atoms with Gasteiger partial charge in [0.1, 0.15) is 0 Å². The monoisotopic (exact) mass is 547 g/mol. The molecule has 0 aromatic rings. The molecule has 1 atom stereocenters. The van der Waals surface area contributed by atoms with Crippen LogP contribution in [-0.2, 0) is 10.0 Å². The number of likely N-dealkylation sites (tertiary alicyclic amines) is 1. The van der Waals surface area contributed by atoms with Crippen molar-refractivity contribution in [2.45, 2.75) is 45.6 Å². The maximum absolute atomic E-state index is 12.4. The average molecular weight is 548 g/mol. The molecule has 2 rings (SSSR count). The summed E-state index contributed by atoms with van der Waals surface area (Å²) in [5, 5.41) is 6.41. The van der Waals surface area contributed by atoms with Gasteiger partial charge in [0, 0.05) is 50.3 Å². The van der Waals surface area contributed by atoms with Crippen LogP contribution in [0.5, 0.6) is 0 Å². The highest BCUT2D eigenvalue weighted by atomic mass is 127. The molecule has 166 valence electrons. The Morgan fingerprint density at radius 2 is 1.89 bits per heavy atom. The Hall–Kier alpha value is 0.220. The van der Waals surface area contributed by atoms with E-state index in [2.05, 4.69) is 27.4 Å². The van der Waals surface area contributed by atoms with Gasteiger partial charge in [-0.05, 0) is 32.7 Å². The lowest BCUT2D eigenvalue weighted by atomic mass is 10.0. The first-order valence-electron chi connectivity index (χ1n) is 10.4. The second-order valence-electron chi connectivity index (χ2n) is 7.11. The molecular weight excluding hydrogens is 509 g/mol. The summed E-state index contributed by atoms with van der Waals surface area (Å²) in [6, 6.07) is 0.692. The van der Waals surface area contributed by atoms with E-state index < -0.39 is 10.0 Å². The van der Waals surface area contributed by atoms with Gasteiger partial charge in [0.15, 0.2) is 5.96 Å². The minimum Gasteiger partial charge on any atom is -0.357 e. The maximum atomic E-state index is 12.4. The van der Waals surface area contributed by atoms with Crippen molar-refractivity contribution in [2.24, 2.45) is 4.99 Å². The fraction of sp³-hybridized carbons (Fsp3) is 0.944. The molecular formula is C18H38IN5O2S2. The Balaban J connectivity index is 0.00000392. The lowest BCUT2D eigenvalue weighted by Crippen LogP contribution is -2.44. The van der Waals surface area contributed by atoms with E-state index in [4.69, 9.17) is 0 Å². The van der Waals surface area contributed by atoms with Gasteiger partial charge in [-0.2, -0.15) is 11.8 Å². The van der Waals surface area contributed by atoms with Crippen molar-refractivity contribution >= 4 is 51.7 Å². The number of rotatable bonds is 9. The number of halogens is 1. The summed E-state index contributed by atoms with van der Waals surface area (Å²) >= 11 is 1.82. The topological polar surface area (TPSA) is 77.0 Å². The highest BCUT2D eigenvalue weighted by Crippen LogP contribution is 2.18. The van der Waals surface area contributed by atoms with Crippen LogP contribution >= 0.6 is 35.7 Å². The Labute approximate surface area is 192 Å². The zero-order chi connectivity index (χ0) is 19.5. The van der Waals surface area contributed by atoms with Crippen LogP contribution in [0.15, 0.2) is 4.99 Å². The summed E-state index contributed by atoms with van der Waals surface area (Å²) in [5.74, 6) is 2.62. The first kappa shape index (κ1) is 26.3. The Morgan fingerprint density at radius 1 is 1.14 bits per heavy atom. The molecule has 2 aliphatic heterocycles. The molecule has 2 N–H and O–H groups in total. The number of piperidine rings is 1. The molecule has 0 amide bonds. The van der Waals surface area contributed by atoms with Gasteiger partial charge in [0.05, 0.1) is 12.3 Å². The van der Waals surface area contributed by atoms with Gasteiger partial charge in [-0.15, -0.1) is 24.0 Å². The number of guanidine groups is 1. The second kappa shape index (κ2) is 14.3. The lowest BCUT2D eigenvalue weighted by molar-refractivity contribution is 0.148.